The minimum absolute atomic E-state index is 0.0708. The van der Waals surface area contributed by atoms with Crippen molar-refractivity contribution in [2.45, 2.75) is 45.4 Å². The first-order valence-electron chi connectivity index (χ1n) is 11.7. The summed E-state index contributed by atoms with van der Waals surface area (Å²) in [7, 11) is -3.81. The summed E-state index contributed by atoms with van der Waals surface area (Å²) in [5.74, 6) is 1.90. The molecule has 0 unspecified atom stereocenters. The molecule has 1 aliphatic heterocycles. The molecule has 0 spiro atoms. The average Bonchev–Trinajstić information content (AvgIpc) is 3.11. The van der Waals surface area contributed by atoms with Crippen LogP contribution in [0.2, 0.25) is 0 Å². The summed E-state index contributed by atoms with van der Waals surface area (Å²) < 4.78 is 36.2. The molecule has 10 nitrogen and oxygen atoms in total. The number of hydrogen-bond donors (Lipinski definition) is 2. The molecule has 0 aliphatic carbocycles. The maximum absolute atomic E-state index is 12.9. The van der Waals surface area contributed by atoms with Crippen LogP contribution in [0.15, 0.2) is 53.4 Å². The number of amides is 1. The number of aryl methyl sites for hydroxylation is 3. The summed E-state index contributed by atoms with van der Waals surface area (Å²) in [6.07, 6.45) is 0.833. The second kappa shape index (κ2) is 9.32. The van der Waals surface area contributed by atoms with Gasteiger partial charge in [0.2, 0.25) is 11.8 Å². The Morgan fingerprint density at radius 2 is 1.73 bits per heavy atom. The molecule has 0 bridgehead atoms. The third-order valence-electron chi connectivity index (χ3n) is 6.28. The zero-order chi connectivity index (χ0) is 26.3. The van der Waals surface area contributed by atoms with E-state index in [-0.39, 0.29) is 10.8 Å². The summed E-state index contributed by atoms with van der Waals surface area (Å²) >= 11 is 0. The lowest BCUT2D eigenvalue weighted by Gasteiger charge is -2.18. The summed E-state index contributed by atoms with van der Waals surface area (Å²) in [6.45, 7) is 7.72. The molecule has 1 amide bonds. The molecule has 2 aromatic heterocycles. The Kier molecular flexibility index (Phi) is 6.16. The topological polar surface area (TPSA) is 128 Å². The summed E-state index contributed by atoms with van der Waals surface area (Å²) in [4.78, 5) is 20.5. The van der Waals surface area contributed by atoms with Crippen molar-refractivity contribution in [3.05, 3.63) is 76.9 Å². The molecule has 2 N–H and O–H groups in total. The molecular formula is C26H26N6O4S. The normalized spacial score (nSPS) is 13.1. The van der Waals surface area contributed by atoms with Crippen LogP contribution in [0.5, 0.6) is 11.6 Å². The molecule has 1 aliphatic rings. The maximum Gasteiger partial charge on any atom is 0.261 e. The number of nitrogens with zero attached hydrogens (tertiary/aromatic N) is 4. The van der Waals surface area contributed by atoms with E-state index in [0.29, 0.717) is 47.5 Å². The third-order valence-corrected chi connectivity index (χ3v) is 7.66. The maximum atomic E-state index is 12.9. The molecule has 37 heavy (non-hydrogen) atoms. The Labute approximate surface area is 214 Å². The van der Waals surface area contributed by atoms with Crippen LogP contribution in [0.1, 0.15) is 34.8 Å². The first-order valence-corrected chi connectivity index (χ1v) is 13.2. The van der Waals surface area contributed by atoms with Crippen LogP contribution in [0, 0.1) is 27.7 Å². The molecule has 0 saturated carbocycles. The van der Waals surface area contributed by atoms with Gasteiger partial charge in [-0.15, -0.1) is 0 Å². The number of aromatic nitrogens is 4. The van der Waals surface area contributed by atoms with E-state index in [1.165, 1.54) is 6.07 Å². The number of carbonyl (C=O) groups is 1. The number of anilines is 2. The largest absolute Gasteiger partial charge is 0.439 e. The van der Waals surface area contributed by atoms with E-state index in [4.69, 9.17) is 4.74 Å². The first kappa shape index (κ1) is 24.4. The van der Waals surface area contributed by atoms with E-state index in [1.807, 2.05) is 20.8 Å². The van der Waals surface area contributed by atoms with Gasteiger partial charge in [-0.2, -0.15) is 10.1 Å². The molecule has 11 heteroatoms. The summed E-state index contributed by atoms with van der Waals surface area (Å²) in [6, 6.07) is 12.9. The van der Waals surface area contributed by atoms with Crippen molar-refractivity contribution in [3.63, 3.8) is 0 Å². The van der Waals surface area contributed by atoms with Crippen molar-refractivity contribution in [2.24, 2.45) is 0 Å². The van der Waals surface area contributed by atoms with E-state index in [1.54, 1.807) is 54.1 Å². The minimum atomic E-state index is -3.81. The van der Waals surface area contributed by atoms with Crippen molar-refractivity contribution < 1.29 is 17.9 Å². The van der Waals surface area contributed by atoms with Crippen LogP contribution in [-0.2, 0) is 21.2 Å². The Bertz CT molecular complexity index is 1630. The van der Waals surface area contributed by atoms with Crippen LogP contribution in [-0.4, -0.2) is 34.1 Å². The first-order chi connectivity index (χ1) is 17.6. The molecule has 190 valence electrons. The summed E-state index contributed by atoms with van der Waals surface area (Å²) in [5.41, 5.74) is 4.84. The summed E-state index contributed by atoms with van der Waals surface area (Å²) in [5, 5.41) is 7.31. The van der Waals surface area contributed by atoms with Gasteiger partial charge in [-0.05, 0) is 87.7 Å². The number of nitrogens with one attached hydrogen (secondary N) is 2. The van der Waals surface area contributed by atoms with Crippen molar-refractivity contribution in [3.8, 4) is 17.4 Å². The van der Waals surface area contributed by atoms with Crippen LogP contribution in [0.25, 0.3) is 5.82 Å². The second-order valence-electron chi connectivity index (χ2n) is 8.92. The minimum Gasteiger partial charge on any atom is -0.439 e. The third kappa shape index (κ3) is 5.03. The molecule has 0 saturated heterocycles. The standard InChI is InChI=1S/C26H26N6O4S/c1-15-16(2)30-32(17(15)3)24-14-26(28-18(4)27-24)36-21-8-6-20(7-9-21)31-37(34,35)22-10-11-23-19(13-22)5-12-25(33)29-23/h6-11,13-14,31H,5,12H2,1-4H3,(H,29,33). The number of carbonyl (C=O) groups excluding carboxylic acids is 1. The van der Waals surface area contributed by atoms with Crippen LogP contribution < -0.4 is 14.8 Å². The van der Waals surface area contributed by atoms with Gasteiger partial charge in [0.05, 0.1) is 10.6 Å². The Morgan fingerprint density at radius 3 is 2.43 bits per heavy atom. The smallest absolute Gasteiger partial charge is 0.261 e. The number of sulfonamides is 1. The van der Waals surface area contributed by atoms with Gasteiger partial charge in [0, 0.05) is 29.6 Å². The molecule has 0 radical (unpaired) electrons. The lowest BCUT2D eigenvalue weighted by atomic mass is 10.0. The van der Waals surface area contributed by atoms with Gasteiger partial charge in [-0.25, -0.2) is 18.1 Å². The van der Waals surface area contributed by atoms with Gasteiger partial charge in [-0.3, -0.25) is 9.52 Å². The van der Waals surface area contributed by atoms with Gasteiger partial charge in [0.15, 0.2) is 5.82 Å². The van der Waals surface area contributed by atoms with Crippen LogP contribution in [0.3, 0.4) is 0 Å². The quantitative estimate of drug-likeness (QED) is 0.388. The Balaban J connectivity index is 1.32. The van der Waals surface area contributed by atoms with Gasteiger partial charge >= 0.3 is 0 Å². The highest BCUT2D eigenvalue weighted by Crippen LogP contribution is 2.28. The molecule has 0 fully saturated rings. The molecule has 3 heterocycles. The van der Waals surface area contributed by atoms with E-state index in [0.717, 1.165) is 22.5 Å². The van der Waals surface area contributed by atoms with Crippen LogP contribution in [0.4, 0.5) is 11.4 Å². The van der Waals surface area contributed by atoms with Gasteiger partial charge < -0.3 is 10.1 Å². The van der Waals surface area contributed by atoms with Crippen molar-refractivity contribution in [1.82, 2.24) is 19.7 Å². The Hall–Kier alpha value is -4.25. The van der Waals surface area contributed by atoms with Gasteiger partial charge in [0.1, 0.15) is 11.6 Å². The van der Waals surface area contributed by atoms with E-state index in [2.05, 4.69) is 25.1 Å². The molecule has 5 rings (SSSR count). The van der Waals surface area contributed by atoms with Crippen molar-refractivity contribution >= 4 is 27.3 Å². The van der Waals surface area contributed by atoms with E-state index < -0.39 is 10.0 Å². The van der Waals surface area contributed by atoms with Gasteiger partial charge in [-0.1, -0.05) is 0 Å². The van der Waals surface area contributed by atoms with E-state index in [9.17, 15) is 13.2 Å². The van der Waals surface area contributed by atoms with Crippen molar-refractivity contribution in [1.29, 1.82) is 0 Å². The van der Waals surface area contributed by atoms with Crippen molar-refractivity contribution in [2.75, 3.05) is 10.0 Å². The van der Waals surface area contributed by atoms with Gasteiger partial charge in [0.25, 0.3) is 10.0 Å². The predicted octanol–water partition coefficient (Wildman–Crippen LogP) is 4.37. The van der Waals surface area contributed by atoms with E-state index >= 15 is 0 Å². The fourth-order valence-electron chi connectivity index (χ4n) is 4.08. The lowest BCUT2D eigenvalue weighted by molar-refractivity contribution is -0.116. The fourth-order valence-corrected chi connectivity index (χ4v) is 5.19. The zero-order valence-corrected chi connectivity index (χ0v) is 21.7. The monoisotopic (exact) mass is 518 g/mol. The molecule has 2 aromatic carbocycles. The number of rotatable bonds is 6. The number of benzene rings is 2. The number of hydrogen-bond acceptors (Lipinski definition) is 7. The zero-order valence-electron chi connectivity index (χ0n) is 20.9. The number of fused-ring (bicyclic) bond motifs is 1. The molecule has 0 atom stereocenters. The average molecular weight is 519 g/mol. The predicted molar refractivity (Wildman–Crippen MR) is 139 cm³/mol. The molecule has 4 aromatic rings. The highest BCUT2D eigenvalue weighted by molar-refractivity contribution is 7.92. The fraction of sp³-hybridized carbons (Fsp3) is 0.231. The SMILES string of the molecule is Cc1nc(Oc2ccc(NS(=O)(=O)c3ccc4c(c3)CCC(=O)N4)cc2)cc(-n2nc(C)c(C)c2C)n1. The number of ether oxygens (including phenoxy) is 1. The second-order valence-corrected chi connectivity index (χ2v) is 10.6. The van der Waals surface area contributed by atoms with Crippen LogP contribution >= 0.6 is 0 Å². The highest BCUT2D eigenvalue weighted by atomic mass is 32.2. The lowest BCUT2D eigenvalue weighted by Crippen LogP contribution is -2.20. The molecular weight excluding hydrogens is 492 g/mol. The highest BCUT2D eigenvalue weighted by Gasteiger charge is 2.20. The Morgan fingerprint density at radius 1 is 0.973 bits per heavy atom.